The average molecular weight is 836 g/mol. The van der Waals surface area contributed by atoms with Crippen molar-refractivity contribution in [2.24, 2.45) is 0 Å². The van der Waals surface area contributed by atoms with Crippen molar-refractivity contribution in [2.75, 3.05) is 30.4 Å². The highest BCUT2D eigenvalue weighted by Gasteiger charge is 2.69. The van der Waals surface area contributed by atoms with Crippen LogP contribution in [0.3, 0.4) is 0 Å². The fraction of sp³-hybridized carbons (Fsp3) is 0.500. The number of likely N-dealkylation sites (N-methyl/N-ethyl adjacent to an activating group) is 1. The summed E-state index contributed by atoms with van der Waals surface area (Å²) in [7, 11) is -0.697. The number of nitro groups is 1. The van der Waals surface area contributed by atoms with Crippen molar-refractivity contribution < 1.29 is 28.5 Å². The van der Waals surface area contributed by atoms with Gasteiger partial charge in [-0.05, 0) is 79.6 Å². The summed E-state index contributed by atoms with van der Waals surface area (Å²) in [6.07, 6.45) is -0.341. The highest BCUT2D eigenvalue weighted by Crippen LogP contribution is 2.60. The van der Waals surface area contributed by atoms with E-state index in [-0.39, 0.29) is 66.7 Å². The number of anilines is 2. The number of hydrogen-bond acceptors (Lipinski definition) is 7. The van der Waals surface area contributed by atoms with Gasteiger partial charge in [-0.3, -0.25) is 25.0 Å². The lowest BCUT2D eigenvalue weighted by molar-refractivity contribution is -0.385. The quantitative estimate of drug-likeness (QED) is 0.103. The van der Waals surface area contributed by atoms with Crippen LogP contribution in [0.5, 0.6) is 0 Å². The van der Waals surface area contributed by atoms with Crippen LogP contribution in [-0.4, -0.2) is 61.8 Å². The molecule has 3 aromatic rings. The number of likely N-dealkylation sites (tertiary alicyclic amines) is 1. The van der Waals surface area contributed by atoms with Crippen LogP contribution in [0.4, 0.5) is 21.9 Å². The van der Waals surface area contributed by atoms with Crippen molar-refractivity contribution >= 4 is 59.2 Å². The number of ether oxygens (including phenoxy) is 1. The van der Waals surface area contributed by atoms with Crippen LogP contribution in [0.1, 0.15) is 91.8 Å². The molecule has 0 bridgehead atoms. The molecule has 0 spiro atoms. The third-order valence-electron chi connectivity index (χ3n) is 11.7. The van der Waals surface area contributed by atoms with Crippen molar-refractivity contribution in [1.82, 2.24) is 4.90 Å². The number of hydrogen-bond donors (Lipinski definition) is 1. The van der Waals surface area contributed by atoms with Gasteiger partial charge in [0, 0.05) is 47.7 Å². The third-order valence-corrected chi connectivity index (χ3v) is 18.3. The molecule has 0 saturated carbocycles. The second kappa shape index (κ2) is 15.8. The van der Waals surface area contributed by atoms with E-state index in [4.69, 9.17) is 9.16 Å². The van der Waals surface area contributed by atoms with E-state index in [9.17, 15) is 14.9 Å². The summed E-state index contributed by atoms with van der Waals surface area (Å²) in [5.41, 5.74) is -0.570. The molecule has 3 amide bonds. The van der Waals surface area contributed by atoms with E-state index < -0.39 is 35.8 Å². The first-order valence-electron chi connectivity index (χ1n) is 19.1. The first-order chi connectivity index (χ1) is 25.7. The maximum absolute atomic E-state index is 15.8. The molecule has 0 aromatic heterocycles. The lowest BCUT2D eigenvalue weighted by Crippen LogP contribution is -2.60. The van der Waals surface area contributed by atoms with Gasteiger partial charge in [-0.1, -0.05) is 99.9 Å². The summed E-state index contributed by atoms with van der Waals surface area (Å²) in [5.74, 6) is -0.617. The minimum atomic E-state index is -2.43. The molecule has 2 heterocycles. The first kappa shape index (κ1) is 42.1. The standard InChI is InChI=1S/C42H55BrN4O7Si/c1-27(2)55(28(3)4,29(5)6)53-24-22-42(33-16-12-14-18-36(33)45(10)37(42)48)41(32-20-19-31(43)25-34(32)44-39(50)54-40(7,8)9)21-23-46(38(41)49)26-30-15-11-13-17-35(30)47(51)52/h11-20,25,27-29H,21-24,26H2,1-10H3,(H,44,50)/t41?,42-/m1/s1. The molecular weight excluding hydrogens is 780 g/mol. The second-order valence-electron chi connectivity index (χ2n) is 16.8. The number of nitro benzene ring substituents is 1. The monoisotopic (exact) mass is 834 g/mol. The topological polar surface area (TPSA) is 131 Å². The predicted octanol–water partition coefficient (Wildman–Crippen LogP) is 9.87. The number of fused-ring (bicyclic) bond motifs is 1. The maximum Gasteiger partial charge on any atom is 0.412 e. The number of para-hydroxylation sites is 2. The number of carbonyl (C=O) groups is 3. The number of halogens is 1. The zero-order valence-electron chi connectivity index (χ0n) is 33.7. The van der Waals surface area contributed by atoms with Gasteiger partial charge in [0.2, 0.25) is 11.8 Å². The summed E-state index contributed by atoms with van der Waals surface area (Å²) in [6.45, 7) is 19.0. The Labute approximate surface area is 334 Å². The van der Waals surface area contributed by atoms with Gasteiger partial charge in [0.15, 0.2) is 8.32 Å². The molecule has 3 aromatic carbocycles. The average Bonchev–Trinajstić information content (AvgIpc) is 3.53. The zero-order chi connectivity index (χ0) is 40.7. The normalized spacial score (nSPS) is 20.2. The second-order valence-corrected chi connectivity index (χ2v) is 23.2. The number of nitrogens with one attached hydrogen (secondary N) is 1. The molecule has 55 heavy (non-hydrogen) atoms. The fourth-order valence-electron chi connectivity index (χ4n) is 9.63. The third kappa shape index (κ3) is 7.35. The molecule has 11 nitrogen and oxygen atoms in total. The van der Waals surface area contributed by atoms with Gasteiger partial charge in [0.1, 0.15) is 5.60 Å². The lowest BCUT2D eigenvalue weighted by atomic mass is 9.54. The van der Waals surface area contributed by atoms with Gasteiger partial charge in [-0.15, -0.1) is 0 Å². The highest BCUT2D eigenvalue weighted by molar-refractivity contribution is 9.10. The zero-order valence-corrected chi connectivity index (χ0v) is 36.3. The molecule has 1 saturated heterocycles. The smallest absolute Gasteiger partial charge is 0.412 e. The van der Waals surface area contributed by atoms with Gasteiger partial charge in [-0.2, -0.15) is 0 Å². The minimum Gasteiger partial charge on any atom is -0.444 e. The van der Waals surface area contributed by atoms with E-state index in [0.29, 0.717) is 32.5 Å². The van der Waals surface area contributed by atoms with Crippen molar-refractivity contribution in [3.05, 3.63) is 98.0 Å². The van der Waals surface area contributed by atoms with Gasteiger partial charge >= 0.3 is 6.09 Å². The number of rotatable bonds is 13. The largest absolute Gasteiger partial charge is 0.444 e. The van der Waals surface area contributed by atoms with Crippen LogP contribution in [0.15, 0.2) is 71.2 Å². The molecule has 0 aliphatic carbocycles. The van der Waals surface area contributed by atoms with E-state index in [0.717, 1.165) is 0 Å². The van der Waals surface area contributed by atoms with Crippen LogP contribution in [0, 0.1) is 10.1 Å². The Balaban J connectivity index is 1.79. The van der Waals surface area contributed by atoms with Gasteiger partial charge in [-0.25, -0.2) is 4.79 Å². The van der Waals surface area contributed by atoms with Gasteiger partial charge in [0.25, 0.3) is 5.69 Å². The minimum absolute atomic E-state index is 0.0363. The maximum atomic E-state index is 15.8. The van der Waals surface area contributed by atoms with Crippen molar-refractivity contribution in [3.63, 3.8) is 0 Å². The Morgan fingerprint density at radius 3 is 2.18 bits per heavy atom. The van der Waals surface area contributed by atoms with E-state index in [1.807, 2.05) is 30.3 Å². The highest BCUT2D eigenvalue weighted by atomic mass is 79.9. The number of nitrogens with zero attached hydrogens (tertiary/aromatic N) is 3. The molecule has 2 atom stereocenters. The van der Waals surface area contributed by atoms with E-state index >= 15 is 9.59 Å². The molecule has 13 heteroatoms. The Morgan fingerprint density at radius 2 is 1.56 bits per heavy atom. The Morgan fingerprint density at radius 1 is 0.945 bits per heavy atom. The fourth-order valence-corrected chi connectivity index (χ4v) is 15.4. The van der Waals surface area contributed by atoms with Crippen LogP contribution in [0.25, 0.3) is 0 Å². The van der Waals surface area contributed by atoms with Crippen molar-refractivity contribution in [2.45, 2.75) is 115 Å². The van der Waals surface area contributed by atoms with E-state index in [1.165, 1.54) is 6.07 Å². The van der Waals surface area contributed by atoms with Crippen LogP contribution in [0.2, 0.25) is 16.6 Å². The molecule has 296 valence electrons. The summed E-state index contributed by atoms with van der Waals surface area (Å²) in [6, 6.07) is 19.3. The summed E-state index contributed by atoms with van der Waals surface area (Å²) >= 11 is 3.57. The molecule has 5 rings (SSSR count). The molecule has 2 aliphatic heterocycles. The summed E-state index contributed by atoms with van der Waals surface area (Å²) in [5, 5.41) is 15.0. The number of carbonyl (C=O) groups excluding carboxylic acids is 3. The van der Waals surface area contributed by atoms with Crippen LogP contribution < -0.4 is 10.2 Å². The first-order valence-corrected chi connectivity index (χ1v) is 22.0. The van der Waals surface area contributed by atoms with Gasteiger partial charge in [0.05, 0.1) is 22.3 Å². The van der Waals surface area contributed by atoms with Crippen molar-refractivity contribution in [1.29, 1.82) is 0 Å². The van der Waals surface area contributed by atoms with E-state index in [2.05, 4.69) is 62.8 Å². The van der Waals surface area contributed by atoms with Gasteiger partial charge < -0.3 is 19.0 Å². The Bertz CT molecular complexity index is 1940. The Kier molecular flexibility index (Phi) is 12.1. The molecule has 2 aliphatic rings. The van der Waals surface area contributed by atoms with E-state index in [1.54, 1.807) is 68.0 Å². The van der Waals surface area contributed by atoms with Crippen LogP contribution in [-0.2, 0) is 36.1 Å². The molecule has 1 fully saturated rings. The molecule has 0 radical (unpaired) electrons. The molecule has 1 N–H and O–H groups in total. The molecule has 1 unspecified atom stereocenters. The lowest BCUT2D eigenvalue weighted by Gasteiger charge is -2.47. The van der Waals surface area contributed by atoms with Crippen molar-refractivity contribution in [3.8, 4) is 0 Å². The Hall–Kier alpha value is -4.07. The predicted molar refractivity (Wildman–Crippen MR) is 222 cm³/mol. The van der Waals surface area contributed by atoms with Crippen LogP contribution >= 0.6 is 15.9 Å². The molecular formula is C42H55BrN4O7Si. The summed E-state index contributed by atoms with van der Waals surface area (Å²) in [4.78, 5) is 59.7. The SMILES string of the molecule is CC(C)[Si](OCC[C@]1(C2(c3ccc(Br)cc3NC(=O)OC(C)(C)C)CCN(Cc3ccccc3[N+](=O)[O-])C2=O)C(=O)N(C)c2ccccc21)(C(C)C)C(C)C. The number of amides is 3. The summed E-state index contributed by atoms with van der Waals surface area (Å²) < 4.78 is 13.5. The number of benzene rings is 3.